The third-order valence-electron chi connectivity index (χ3n) is 1.93. The molecule has 0 radical (unpaired) electrons. The van der Waals surface area contributed by atoms with E-state index in [0.29, 0.717) is 0 Å². The second-order valence-electron chi connectivity index (χ2n) is 2.82. The standard InChI is InChI=1S/C10H16N2/c1-3-5-6-8-12-9-7-11-10(12)4-2/h3,7,9H,1,4-6,8H2,2H3. The van der Waals surface area contributed by atoms with Crippen LogP contribution in [0, 0.1) is 0 Å². The summed E-state index contributed by atoms with van der Waals surface area (Å²) in [4.78, 5) is 4.25. The number of aryl methyl sites for hydroxylation is 2. The van der Waals surface area contributed by atoms with Crippen molar-refractivity contribution in [3.8, 4) is 0 Å². The van der Waals surface area contributed by atoms with Gasteiger partial charge in [0.05, 0.1) is 0 Å². The topological polar surface area (TPSA) is 17.8 Å². The van der Waals surface area contributed by atoms with Gasteiger partial charge in [-0.1, -0.05) is 13.0 Å². The van der Waals surface area contributed by atoms with Crippen LogP contribution in [0.2, 0.25) is 0 Å². The Hall–Kier alpha value is -1.05. The van der Waals surface area contributed by atoms with Crippen LogP contribution < -0.4 is 0 Å². The van der Waals surface area contributed by atoms with E-state index in [4.69, 9.17) is 0 Å². The molecule has 1 rings (SSSR count). The summed E-state index contributed by atoms with van der Waals surface area (Å²) in [5, 5.41) is 0. The summed E-state index contributed by atoms with van der Waals surface area (Å²) >= 11 is 0. The number of hydrogen-bond donors (Lipinski definition) is 0. The van der Waals surface area contributed by atoms with Crippen LogP contribution in [0.25, 0.3) is 0 Å². The molecule has 0 unspecified atom stereocenters. The zero-order chi connectivity index (χ0) is 8.81. The third-order valence-corrected chi connectivity index (χ3v) is 1.93. The molecule has 0 fully saturated rings. The van der Waals surface area contributed by atoms with Gasteiger partial charge in [0.25, 0.3) is 0 Å². The fraction of sp³-hybridized carbons (Fsp3) is 0.500. The molecule has 2 heteroatoms. The molecule has 0 spiro atoms. The van der Waals surface area contributed by atoms with E-state index in [0.717, 1.165) is 25.8 Å². The lowest BCUT2D eigenvalue weighted by Gasteiger charge is -2.03. The zero-order valence-corrected chi connectivity index (χ0v) is 7.66. The summed E-state index contributed by atoms with van der Waals surface area (Å²) in [5.74, 6) is 1.18. The lowest BCUT2D eigenvalue weighted by atomic mass is 10.3. The minimum Gasteiger partial charge on any atom is -0.335 e. The summed E-state index contributed by atoms with van der Waals surface area (Å²) in [7, 11) is 0. The molecule has 0 saturated carbocycles. The molecule has 66 valence electrons. The van der Waals surface area contributed by atoms with Gasteiger partial charge in [0.15, 0.2) is 0 Å². The molecule has 0 aliphatic rings. The monoisotopic (exact) mass is 164 g/mol. The van der Waals surface area contributed by atoms with Gasteiger partial charge in [0.2, 0.25) is 0 Å². The highest BCUT2D eigenvalue weighted by molar-refractivity contribution is 4.91. The summed E-state index contributed by atoms with van der Waals surface area (Å²) < 4.78 is 2.21. The van der Waals surface area contributed by atoms with Crippen molar-refractivity contribution in [2.45, 2.75) is 32.7 Å². The largest absolute Gasteiger partial charge is 0.335 e. The quantitative estimate of drug-likeness (QED) is 0.482. The van der Waals surface area contributed by atoms with Crippen molar-refractivity contribution in [1.29, 1.82) is 0 Å². The molecule has 0 saturated heterocycles. The highest BCUT2D eigenvalue weighted by Gasteiger charge is 1.97. The van der Waals surface area contributed by atoms with Gasteiger partial charge in [-0.25, -0.2) is 4.98 Å². The van der Waals surface area contributed by atoms with Gasteiger partial charge in [0.1, 0.15) is 5.82 Å². The van der Waals surface area contributed by atoms with Gasteiger partial charge >= 0.3 is 0 Å². The first-order valence-electron chi connectivity index (χ1n) is 4.49. The Bertz CT molecular complexity index is 238. The van der Waals surface area contributed by atoms with Crippen LogP contribution in [0.3, 0.4) is 0 Å². The van der Waals surface area contributed by atoms with Crippen molar-refractivity contribution in [2.75, 3.05) is 0 Å². The van der Waals surface area contributed by atoms with Crippen molar-refractivity contribution in [1.82, 2.24) is 9.55 Å². The summed E-state index contributed by atoms with van der Waals surface area (Å²) in [6, 6.07) is 0. The molecule has 1 aromatic rings. The predicted octanol–water partition coefficient (Wildman–Crippen LogP) is 2.41. The van der Waals surface area contributed by atoms with Crippen LogP contribution in [0.4, 0.5) is 0 Å². The Labute approximate surface area is 73.9 Å². The van der Waals surface area contributed by atoms with E-state index >= 15 is 0 Å². The lowest BCUT2D eigenvalue weighted by Crippen LogP contribution is -2.01. The molecule has 2 nitrogen and oxygen atoms in total. The van der Waals surface area contributed by atoms with Gasteiger partial charge in [0, 0.05) is 25.4 Å². The SMILES string of the molecule is C=CCCCn1ccnc1CC. The van der Waals surface area contributed by atoms with Gasteiger partial charge in [-0.05, 0) is 12.8 Å². The Balaban J connectivity index is 2.44. The maximum atomic E-state index is 4.25. The minimum absolute atomic E-state index is 1.01. The van der Waals surface area contributed by atoms with Crippen LogP contribution in [0.5, 0.6) is 0 Å². The molecule has 0 aliphatic carbocycles. The molecule has 0 aromatic carbocycles. The molecule has 0 aliphatic heterocycles. The molecule has 0 amide bonds. The number of aromatic nitrogens is 2. The highest BCUT2D eigenvalue weighted by Crippen LogP contribution is 2.01. The van der Waals surface area contributed by atoms with E-state index in [1.165, 1.54) is 5.82 Å². The number of unbranched alkanes of at least 4 members (excludes halogenated alkanes) is 1. The average molecular weight is 164 g/mol. The van der Waals surface area contributed by atoms with E-state index in [2.05, 4.69) is 23.1 Å². The fourth-order valence-electron chi connectivity index (χ4n) is 1.26. The van der Waals surface area contributed by atoms with Crippen molar-refractivity contribution in [3.63, 3.8) is 0 Å². The summed E-state index contributed by atoms with van der Waals surface area (Å²) in [6.45, 7) is 6.89. The van der Waals surface area contributed by atoms with E-state index in [1.807, 2.05) is 18.5 Å². The zero-order valence-electron chi connectivity index (χ0n) is 7.66. The maximum absolute atomic E-state index is 4.25. The molecule has 1 heterocycles. The number of rotatable bonds is 5. The van der Waals surface area contributed by atoms with Crippen molar-refractivity contribution < 1.29 is 0 Å². The van der Waals surface area contributed by atoms with Crippen molar-refractivity contribution >= 4 is 0 Å². The van der Waals surface area contributed by atoms with Crippen LogP contribution >= 0.6 is 0 Å². The first-order valence-corrected chi connectivity index (χ1v) is 4.49. The summed E-state index contributed by atoms with van der Waals surface area (Å²) in [6.07, 6.45) is 9.13. The number of allylic oxidation sites excluding steroid dienone is 1. The number of hydrogen-bond acceptors (Lipinski definition) is 1. The van der Waals surface area contributed by atoms with Crippen molar-refractivity contribution in [3.05, 3.63) is 30.9 Å². The molecular formula is C10H16N2. The normalized spacial score (nSPS) is 10.1. The van der Waals surface area contributed by atoms with E-state index in [-0.39, 0.29) is 0 Å². The third kappa shape index (κ3) is 2.22. The smallest absolute Gasteiger partial charge is 0.108 e. The number of imidazole rings is 1. The predicted molar refractivity (Wildman–Crippen MR) is 51.0 cm³/mol. The van der Waals surface area contributed by atoms with E-state index < -0.39 is 0 Å². The number of nitrogens with zero attached hydrogens (tertiary/aromatic N) is 2. The van der Waals surface area contributed by atoms with Gasteiger partial charge in [-0.2, -0.15) is 0 Å². The first-order chi connectivity index (χ1) is 5.88. The van der Waals surface area contributed by atoms with Gasteiger partial charge < -0.3 is 4.57 Å². The van der Waals surface area contributed by atoms with Crippen LogP contribution in [0.1, 0.15) is 25.6 Å². The second kappa shape index (κ2) is 4.75. The molecular weight excluding hydrogens is 148 g/mol. The Morgan fingerprint density at radius 2 is 2.50 bits per heavy atom. The average Bonchev–Trinajstić information content (AvgIpc) is 2.52. The molecule has 0 atom stereocenters. The first kappa shape index (κ1) is 9.04. The second-order valence-corrected chi connectivity index (χ2v) is 2.82. The van der Waals surface area contributed by atoms with Gasteiger partial charge in [-0.15, -0.1) is 6.58 Å². The molecule has 1 aromatic heterocycles. The van der Waals surface area contributed by atoms with E-state index in [9.17, 15) is 0 Å². The molecule has 12 heavy (non-hydrogen) atoms. The minimum atomic E-state index is 1.01. The molecule has 0 bridgehead atoms. The van der Waals surface area contributed by atoms with Crippen LogP contribution in [0.15, 0.2) is 25.0 Å². The van der Waals surface area contributed by atoms with Crippen LogP contribution in [-0.2, 0) is 13.0 Å². The fourth-order valence-corrected chi connectivity index (χ4v) is 1.26. The Morgan fingerprint density at radius 1 is 1.67 bits per heavy atom. The Morgan fingerprint density at radius 3 is 3.17 bits per heavy atom. The van der Waals surface area contributed by atoms with Gasteiger partial charge in [-0.3, -0.25) is 0 Å². The van der Waals surface area contributed by atoms with Crippen molar-refractivity contribution in [2.24, 2.45) is 0 Å². The summed E-state index contributed by atoms with van der Waals surface area (Å²) in [5.41, 5.74) is 0. The lowest BCUT2D eigenvalue weighted by molar-refractivity contribution is 0.620. The van der Waals surface area contributed by atoms with E-state index in [1.54, 1.807) is 0 Å². The molecule has 0 N–H and O–H groups in total. The maximum Gasteiger partial charge on any atom is 0.108 e. The van der Waals surface area contributed by atoms with Crippen LogP contribution in [-0.4, -0.2) is 9.55 Å². The Kier molecular flexibility index (Phi) is 3.58. The highest BCUT2D eigenvalue weighted by atomic mass is 15.1.